The minimum atomic E-state index is -0.401. The van der Waals surface area contributed by atoms with Gasteiger partial charge in [-0.1, -0.05) is 6.07 Å². The van der Waals surface area contributed by atoms with E-state index in [1.807, 2.05) is 13.0 Å². The Hall–Kier alpha value is -1.22. The lowest BCUT2D eigenvalue weighted by molar-refractivity contribution is 0.195. The Morgan fingerprint density at radius 1 is 1.43 bits per heavy atom. The number of rotatable bonds is 3. The van der Waals surface area contributed by atoms with Gasteiger partial charge in [-0.25, -0.2) is 0 Å². The predicted octanol–water partition coefficient (Wildman–Crippen LogP) is 1.63. The quantitative estimate of drug-likeness (QED) is 0.772. The van der Waals surface area contributed by atoms with Crippen LogP contribution in [0.4, 0.5) is 0 Å². The van der Waals surface area contributed by atoms with Crippen LogP contribution in [0.15, 0.2) is 12.1 Å². The Bertz CT molecular complexity index is 295. The fraction of sp³-hybridized carbons (Fsp3) is 0.455. The van der Waals surface area contributed by atoms with Crippen LogP contribution in [0.5, 0.6) is 11.5 Å². The zero-order chi connectivity index (χ0) is 10.7. The third-order valence-corrected chi connectivity index (χ3v) is 2.05. The van der Waals surface area contributed by atoms with Gasteiger partial charge in [-0.3, -0.25) is 0 Å². The van der Waals surface area contributed by atoms with E-state index in [1.54, 1.807) is 13.0 Å². The van der Waals surface area contributed by atoms with Crippen LogP contribution >= 0.6 is 0 Å². The standard InChI is InChI=1S/C11H16O3/c1-7-4-9(5-8(2)12)6-10(13)11(7)14-3/h4,6,8,12-13H,5H2,1-3H3. The molecule has 0 saturated heterocycles. The smallest absolute Gasteiger partial charge is 0.163 e. The van der Waals surface area contributed by atoms with Crippen LogP contribution < -0.4 is 4.74 Å². The minimum absolute atomic E-state index is 0.128. The Morgan fingerprint density at radius 2 is 2.07 bits per heavy atom. The summed E-state index contributed by atoms with van der Waals surface area (Å²) in [5, 5.41) is 18.8. The summed E-state index contributed by atoms with van der Waals surface area (Å²) in [5.74, 6) is 0.627. The van der Waals surface area contributed by atoms with Crippen LogP contribution in [0.3, 0.4) is 0 Å². The average Bonchev–Trinajstić information content (AvgIpc) is 2.01. The van der Waals surface area contributed by atoms with Crippen molar-refractivity contribution in [3.63, 3.8) is 0 Å². The van der Waals surface area contributed by atoms with Gasteiger partial charge in [-0.15, -0.1) is 0 Å². The van der Waals surface area contributed by atoms with Crippen molar-refractivity contribution in [1.29, 1.82) is 0 Å². The second-order valence-corrected chi connectivity index (χ2v) is 3.52. The highest BCUT2D eigenvalue weighted by Gasteiger charge is 2.08. The van der Waals surface area contributed by atoms with Crippen molar-refractivity contribution < 1.29 is 14.9 Å². The number of ether oxygens (including phenoxy) is 1. The molecule has 0 aliphatic carbocycles. The fourth-order valence-electron chi connectivity index (χ4n) is 1.55. The highest BCUT2D eigenvalue weighted by atomic mass is 16.5. The highest BCUT2D eigenvalue weighted by molar-refractivity contribution is 5.48. The average molecular weight is 196 g/mol. The number of hydrogen-bond donors (Lipinski definition) is 2. The second kappa shape index (κ2) is 4.33. The molecule has 0 aliphatic rings. The summed E-state index contributed by atoms with van der Waals surface area (Å²) in [6.45, 7) is 3.58. The van der Waals surface area contributed by atoms with E-state index in [-0.39, 0.29) is 5.75 Å². The Labute approximate surface area is 84.0 Å². The number of phenolic OH excluding ortho intramolecular Hbond substituents is 1. The first-order valence-corrected chi connectivity index (χ1v) is 4.59. The summed E-state index contributed by atoms with van der Waals surface area (Å²) >= 11 is 0. The number of aliphatic hydroxyl groups excluding tert-OH is 1. The van der Waals surface area contributed by atoms with E-state index in [0.29, 0.717) is 12.2 Å². The summed E-state index contributed by atoms with van der Waals surface area (Å²) < 4.78 is 5.02. The molecule has 0 fully saturated rings. The molecule has 78 valence electrons. The van der Waals surface area contributed by atoms with E-state index >= 15 is 0 Å². The summed E-state index contributed by atoms with van der Waals surface area (Å²) in [6.07, 6.45) is 0.139. The number of hydrogen-bond acceptors (Lipinski definition) is 3. The topological polar surface area (TPSA) is 49.7 Å². The van der Waals surface area contributed by atoms with E-state index in [2.05, 4.69) is 0 Å². The van der Waals surface area contributed by atoms with Crippen LogP contribution in [0.2, 0.25) is 0 Å². The summed E-state index contributed by atoms with van der Waals surface area (Å²) in [5.41, 5.74) is 1.79. The van der Waals surface area contributed by atoms with Crippen molar-refractivity contribution in [2.45, 2.75) is 26.4 Å². The van der Waals surface area contributed by atoms with Crippen molar-refractivity contribution in [2.75, 3.05) is 7.11 Å². The van der Waals surface area contributed by atoms with E-state index in [1.165, 1.54) is 7.11 Å². The van der Waals surface area contributed by atoms with E-state index in [0.717, 1.165) is 11.1 Å². The van der Waals surface area contributed by atoms with Crippen molar-refractivity contribution >= 4 is 0 Å². The number of phenols is 1. The maximum absolute atomic E-state index is 9.58. The first kappa shape index (κ1) is 10.9. The van der Waals surface area contributed by atoms with Crippen molar-refractivity contribution in [3.05, 3.63) is 23.3 Å². The van der Waals surface area contributed by atoms with Gasteiger partial charge in [0.25, 0.3) is 0 Å². The lowest BCUT2D eigenvalue weighted by Crippen LogP contribution is -2.04. The van der Waals surface area contributed by atoms with E-state index < -0.39 is 6.10 Å². The SMILES string of the molecule is COc1c(C)cc(CC(C)O)cc1O. The van der Waals surface area contributed by atoms with Crippen molar-refractivity contribution in [2.24, 2.45) is 0 Å². The number of methoxy groups -OCH3 is 1. The molecule has 3 heteroatoms. The molecule has 0 amide bonds. The van der Waals surface area contributed by atoms with Crippen molar-refractivity contribution in [3.8, 4) is 11.5 Å². The predicted molar refractivity (Wildman–Crippen MR) is 54.8 cm³/mol. The largest absolute Gasteiger partial charge is 0.504 e. The number of benzene rings is 1. The van der Waals surface area contributed by atoms with Crippen LogP contribution in [-0.2, 0) is 6.42 Å². The second-order valence-electron chi connectivity index (χ2n) is 3.52. The molecule has 0 radical (unpaired) electrons. The van der Waals surface area contributed by atoms with Gasteiger partial charge in [-0.05, 0) is 37.5 Å². The molecular formula is C11H16O3. The molecule has 14 heavy (non-hydrogen) atoms. The molecule has 1 aromatic rings. The Morgan fingerprint density at radius 3 is 2.50 bits per heavy atom. The molecule has 0 spiro atoms. The molecule has 2 N–H and O–H groups in total. The summed E-state index contributed by atoms with van der Waals surface area (Å²) in [6, 6.07) is 3.53. The molecule has 0 bridgehead atoms. The first-order chi connectivity index (χ1) is 6.54. The summed E-state index contributed by atoms with van der Waals surface area (Å²) in [4.78, 5) is 0. The van der Waals surface area contributed by atoms with Gasteiger partial charge >= 0.3 is 0 Å². The molecule has 0 aliphatic heterocycles. The molecular weight excluding hydrogens is 180 g/mol. The monoisotopic (exact) mass is 196 g/mol. The van der Waals surface area contributed by atoms with Gasteiger partial charge < -0.3 is 14.9 Å². The Kier molecular flexibility index (Phi) is 3.36. The zero-order valence-electron chi connectivity index (χ0n) is 8.74. The van der Waals surface area contributed by atoms with Gasteiger partial charge in [0.15, 0.2) is 11.5 Å². The third kappa shape index (κ3) is 2.39. The number of aliphatic hydroxyl groups is 1. The van der Waals surface area contributed by atoms with E-state index in [9.17, 15) is 10.2 Å². The minimum Gasteiger partial charge on any atom is -0.504 e. The molecule has 0 heterocycles. The van der Waals surface area contributed by atoms with Crippen LogP contribution in [0.1, 0.15) is 18.1 Å². The highest BCUT2D eigenvalue weighted by Crippen LogP contribution is 2.31. The molecule has 1 aromatic carbocycles. The van der Waals surface area contributed by atoms with Gasteiger partial charge in [0.2, 0.25) is 0 Å². The number of aryl methyl sites for hydroxylation is 1. The lowest BCUT2D eigenvalue weighted by atomic mass is 10.0. The molecule has 3 nitrogen and oxygen atoms in total. The normalized spacial score (nSPS) is 12.6. The van der Waals surface area contributed by atoms with Crippen molar-refractivity contribution in [1.82, 2.24) is 0 Å². The van der Waals surface area contributed by atoms with Crippen LogP contribution in [0.25, 0.3) is 0 Å². The zero-order valence-corrected chi connectivity index (χ0v) is 8.74. The maximum atomic E-state index is 9.58. The first-order valence-electron chi connectivity index (χ1n) is 4.59. The Balaban J connectivity index is 3.01. The molecule has 1 rings (SSSR count). The van der Waals surface area contributed by atoms with Gasteiger partial charge in [0, 0.05) is 0 Å². The lowest BCUT2D eigenvalue weighted by Gasteiger charge is -2.10. The maximum Gasteiger partial charge on any atom is 0.163 e. The summed E-state index contributed by atoms with van der Waals surface area (Å²) in [7, 11) is 1.52. The third-order valence-electron chi connectivity index (χ3n) is 2.05. The van der Waals surface area contributed by atoms with Crippen LogP contribution in [-0.4, -0.2) is 23.4 Å². The molecule has 1 atom stereocenters. The van der Waals surface area contributed by atoms with E-state index in [4.69, 9.17) is 4.74 Å². The fourth-order valence-corrected chi connectivity index (χ4v) is 1.55. The molecule has 0 saturated carbocycles. The van der Waals surface area contributed by atoms with Gasteiger partial charge in [0.1, 0.15) is 0 Å². The van der Waals surface area contributed by atoms with Gasteiger partial charge in [-0.2, -0.15) is 0 Å². The van der Waals surface area contributed by atoms with Crippen LogP contribution in [0, 0.1) is 6.92 Å². The number of aromatic hydroxyl groups is 1. The molecule has 1 unspecified atom stereocenters. The molecule has 0 aromatic heterocycles. The van der Waals surface area contributed by atoms with Gasteiger partial charge in [0.05, 0.1) is 13.2 Å².